The quantitative estimate of drug-likeness (QED) is 0.881. The fourth-order valence-corrected chi connectivity index (χ4v) is 2.64. The molecule has 0 aromatic carbocycles. The number of carboxylic acids is 1. The Morgan fingerprint density at radius 2 is 2.26 bits per heavy atom. The molecule has 0 saturated heterocycles. The van der Waals surface area contributed by atoms with Crippen LogP contribution in [0.2, 0.25) is 0 Å². The molecule has 1 saturated carbocycles. The smallest absolute Gasteiger partial charge is 0.338 e. The van der Waals surface area contributed by atoms with Crippen LogP contribution in [-0.4, -0.2) is 22.1 Å². The first-order chi connectivity index (χ1) is 8.92. The molecular formula is C14H19FN2O2. The second kappa shape index (κ2) is 5.15. The Balaban J connectivity index is 2.23. The molecule has 19 heavy (non-hydrogen) atoms. The van der Waals surface area contributed by atoms with E-state index in [2.05, 4.69) is 24.1 Å². The van der Waals surface area contributed by atoms with E-state index in [0.717, 1.165) is 19.3 Å². The average molecular weight is 266 g/mol. The maximum Gasteiger partial charge on any atom is 0.338 e. The van der Waals surface area contributed by atoms with E-state index in [-0.39, 0.29) is 22.8 Å². The molecule has 1 fully saturated rings. The lowest BCUT2D eigenvalue weighted by atomic mass is 9.73. The first kappa shape index (κ1) is 13.8. The van der Waals surface area contributed by atoms with Crippen LogP contribution in [0.15, 0.2) is 12.3 Å². The van der Waals surface area contributed by atoms with Gasteiger partial charge in [-0.05, 0) is 24.3 Å². The Kier molecular flexibility index (Phi) is 3.73. The molecule has 0 amide bonds. The number of pyridine rings is 1. The minimum absolute atomic E-state index is 0.0416. The van der Waals surface area contributed by atoms with Crippen molar-refractivity contribution in [1.82, 2.24) is 4.98 Å². The highest BCUT2D eigenvalue weighted by atomic mass is 19.1. The Labute approximate surface area is 112 Å². The number of aromatic carboxylic acids is 1. The number of carboxylic acid groups (broad SMARTS) is 1. The average Bonchev–Trinajstić information content (AvgIpc) is 2.33. The zero-order valence-electron chi connectivity index (χ0n) is 11.2. The molecule has 1 heterocycles. The van der Waals surface area contributed by atoms with E-state index >= 15 is 0 Å². The van der Waals surface area contributed by atoms with Gasteiger partial charge in [-0.2, -0.15) is 0 Å². The van der Waals surface area contributed by atoms with Crippen molar-refractivity contribution in [3.05, 3.63) is 23.6 Å². The first-order valence-electron chi connectivity index (χ1n) is 6.56. The van der Waals surface area contributed by atoms with E-state index in [4.69, 9.17) is 5.11 Å². The summed E-state index contributed by atoms with van der Waals surface area (Å²) < 4.78 is 14.0. The van der Waals surface area contributed by atoms with Gasteiger partial charge < -0.3 is 10.4 Å². The van der Waals surface area contributed by atoms with Crippen molar-refractivity contribution in [1.29, 1.82) is 0 Å². The van der Waals surface area contributed by atoms with Crippen LogP contribution >= 0.6 is 0 Å². The lowest BCUT2D eigenvalue weighted by Crippen LogP contribution is -2.39. The summed E-state index contributed by atoms with van der Waals surface area (Å²) in [5.41, 5.74) is -0.280. The van der Waals surface area contributed by atoms with Gasteiger partial charge >= 0.3 is 5.97 Å². The van der Waals surface area contributed by atoms with Gasteiger partial charge in [0.15, 0.2) is 11.6 Å². The largest absolute Gasteiger partial charge is 0.478 e. The summed E-state index contributed by atoms with van der Waals surface area (Å²) in [6, 6.07) is 1.29. The second-order valence-corrected chi connectivity index (χ2v) is 5.76. The molecule has 2 N–H and O–H groups in total. The summed E-state index contributed by atoms with van der Waals surface area (Å²) in [6.45, 7) is 4.28. The molecule has 104 valence electrons. The van der Waals surface area contributed by atoms with Crippen LogP contribution in [0.1, 0.15) is 49.9 Å². The summed E-state index contributed by atoms with van der Waals surface area (Å²) in [5, 5.41) is 12.0. The van der Waals surface area contributed by atoms with E-state index in [1.165, 1.54) is 18.7 Å². The second-order valence-electron chi connectivity index (χ2n) is 5.76. The number of rotatable bonds is 3. The van der Waals surface area contributed by atoms with Crippen molar-refractivity contribution in [2.75, 3.05) is 5.32 Å². The fourth-order valence-electron chi connectivity index (χ4n) is 2.64. The van der Waals surface area contributed by atoms with E-state index < -0.39 is 11.8 Å². The molecule has 4 nitrogen and oxygen atoms in total. The summed E-state index contributed by atoms with van der Waals surface area (Å²) in [4.78, 5) is 14.8. The van der Waals surface area contributed by atoms with Gasteiger partial charge in [-0.3, -0.25) is 0 Å². The Bertz CT molecular complexity index is 488. The summed E-state index contributed by atoms with van der Waals surface area (Å²) in [5.74, 6) is -2.01. The Morgan fingerprint density at radius 3 is 2.89 bits per heavy atom. The van der Waals surface area contributed by atoms with Crippen LogP contribution in [0.4, 0.5) is 10.2 Å². The minimum atomic E-state index is -1.27. The monoisotopic (exact) mass is 266 g/mol. The molecule has 1 aromatic rings. The maximum absolute atomic E-state index is 14.0. The van der Waals surface area contributed by atoms with Crippen LogP contribution in [-0.2, 0) is 0 Å². The third-order valence-corrected chi connectivity index (χ3v) is 3.94. The minimum Gasteiger partial charge on any atom is -0.478 e. The van der Waals surface area contributed by atoms with Gasteiger partial charge in [0.25, 0.3) is 0 Å². The van der Waals surface area contributed by atoms with Crippen LogP contribution in [0.5, 0.6) is 0 Å². The number of anilines is 1. The van der Waals surface area contributed by atoms with E-state index in [9.17, 15) is 9.18 Å². The molecule has 0 aliphatic heterocycles. The fraction of sp³-hybridized carbons (Fsp3) is 0.571. The number of halogens is 1. The topological polar surface area (TPSA) is 62.2 Å². The molecule has 0 radical (unpaired) electrons. The third kappa shape index (κ3) is 2.85. The summed E-state index contributed by atoms with van der Waals surface area (Å²) >= 11 is 0. The number of hydrogen-bond acceptors (Lipinski definition) is 3. The molecule has 0 bridgehead atoms. The van der Waals surface area contributed by atoms with Gasteiger partial charge in [-0.25, -0.2) is 14.2 Å². The lowest BCUT2D eigenvalue weighted by molar-refractivity contribution is 0.0692. The van der Waals surface area contributed by atoms with Crippen LogP contribution in [0.25, 0.3) is 0 Å². The predicted octanol–water partition coefficient (Wildman–Crippen LogP) is 3.30. The van der Waals surface area contributed by atoms with Crippen molar-refractivity contribution in [2.24, 2.45) is 5.41 Å². The standard InChI is InChI=1S/C14H19FN2O2/c1-14(2)7-4-3-5-10(14)17-12-11(15)9(13(18)19)6-8-16-12/h6,8,10H,3-5,7H2,1-2H3,(H,16,17)(H,18,19). The van der Waals surface area contributed by atoms with Gasteiger partial charge in [0.05, 0.1) is 0 Å². The number of nitrogens with one attached hydrogen (secondary N) is 1. The van der Waals surface area contributed by atoms with Crippen molar-refractivity contribution in [2.45, 2.75) is 45.6 Å². The van der Waals surface area contributed by atoms with Crippen LogP contribution < -0.4 is 5.32 Å². The number of carbonyl (C=O) groups is 1. The van der Waals surface area contributed by atoms with Gasteiger partial charge in [-0.1, -0.05) is 26.7 Å². The highest BCUT2D eigenvalue weighted by Gasteiger charge is 2.33. The van der Waals surface area contributed by atoms with E-state index in [1.54, 1.807) is 0 Å². The number of aromatic nitrogens is 1. The third-order valence-electron chi connectivity index (χ3n) is 3.94. The molecule has 1 aliphatic carbocycles. The van der Waals surface area contributed by atoms with Gasteiger partial charge in [0.1, 0.15) is 5.56 Å². The first-order valence-corrected chi connectivity index (χ1v) is 6.56. The van der Waals surface area contributed by atoms with E-state index in [1.807, 2.05) is 0 Å². The zero-order chi connectivity index (χ0) is 14.0. The highest BCUT2D eigenvalue weighted by molar-refractivity contribution is 5.88. The molecule has 1 aromatic heterocycles. The Morgan fingerprint density at radius 1 is 1.53 bits per heavy atom. The molecule has 0 spiro atoms. The molecule has 2 rings (SSSR count). The molecule has 1 aliphatic rings. The summed E-state index contributed by atoms with van der Waals surface area (Å²) in [6.07, 6.45) is 5.62. The van der Waals surface area contributed by atoms with Crippen molar-refractivity contribution in [3.63, 3.8) is 0 Å². The lowest BCUT2D eigenvalue weighted by Gasteiger charge is -2.39. The number of nitrogens with zero attached hydrogens (tertiary/aromatic N) is 1. The maximum atomic E-state index is 14.0. The van der Waals surface area contributed by atoms with Crippen molar-refractivity contribution >= 4 is 11.8 Å². The van der Waals surface area contributed by atoms with Gasteiger partial charge in [-0.15, -0.1) is 0 Å². The van der Waals surface area contributed by atoms with Crippen LogP contribution in [0.3, 0.4) is 0 Å². The highest BCUT2D eigenvalue weighted by Crippen LogP contribution is 2.37. The van der Waals surface area contributed by atoms with E-state index in [0.29, 0.717) is 0 Å². The molecule has 5 heteroatoms. The molecule has 1 unspecified atom stereocenters. The molecular weight excluding hydrogens is 247 g/mol. The van der Waals surface area contributed by atoms with Crippen molar-refractivity contribution in [3.8, 4) is 0 Å². The normalized spacial score (nSPS) is 21.9. The van der Waals surface area contributed by atoms with Crippen LogP contribution in [0, 0.1) is 11.2 Å². The van der Waals surface area contributed by atoms with Gasteiger partial charge in [0.2, 0.25) is 0 Å². The van der Waals surface area contributed by atoms with Gasteiger partial charge in [0, 0.05) is 12.2 Å². The molecule has 1 atom stereocenters. The Hall–Kier alpha value is -1.65. The summed E-state index contributed by atoms with van der Waals surface area (Å²) in [7, 11) is 0. The predicted molar refractivity (Wildman–Crippen MR) is 70.8 cm³/mol. The SMILES string of the molecule is CC1(C)CCCCC1Nc1nccc(C(=O)O)c1F. The zero-order valence-corrected chi connectivity index (χ0v) is 11.2. The number of hydrogen-bond donors (Lipinski definition) is 2. The van der Waals surface area contributed by atoms with Crippen molar-refractivity contribution < 1.29 is 14.3 Å².